The zero-order valence-electron chi connectivity index (χ0n) is 10.2. The van der Waals surface area contributed by atoms with Crippen LogP contribution in [-0.2, 0) is 17.6 Å². The van der Waals surface area contributed by atoms with Crippen LogP contribution in [0.2, 0.25) is 0 Å². The average Bonchev–Trinajstić information content (AvgIpc) is 2.83. The molecule has 0 amide bonds. The van der Waals surface area contributed by atoms with E-state index in [1.54, 1.807) is 0 Å². The maximum atomic E-state index is 5.72. The molecule has 2 aliphatic rings. The topological polar surface area (TPSA) is 47.3 Å². The molecule has 4 heteroatoms. The fourth-order valence-corrected chi connectivity index (χ4v) is 2.26. The summed E-state index contributed by atoms with van der Waals surface area (Å²) in [5.74, 6) is 1.82. The predicted molar refractivity (Wildman–Crippen MR) is 63.9 cm³/mol. The lowest BCUT2D eigenvalue weighted by atomic mass is 10.1. The highest BCUT2D eigenvalue weighted by Gasteiger charge is 2.20. The molecule has 1 aromatic rings. The summed E-state index contributed by atoms with van der Waals surface area (Å²) in [6.07, 6.45) is 8.96. The summed E-state index contributed by atoms with van der Waals surface area (Å²) in [5.41, 5.74) is 0. The molecule has 1 N–H and O–H groups in total. The Balaban J connectivity index is 1.43. The molecule has 2 fully saturated rings. The Bertz CT molecular complexity index is 354. The average molecular weight is 236 g/mol. The van der Waals surface area contributed by atoms with Crippen LogP contribution in [0.15, 0.2) is 10.6 Å². The number of hydrogen-bond donors (Lipinski definition) is 1. The normalized spacial score (nSPS) is 24.4. The first-order valence-corrected chi connectivity index (χ1v) is 6.69. The lowest BCUT2D eigenvalue weighted by molar-refractivity contribution is 0.106. The molecule has 4 nitrogen and oxygen atoms in total. The van der Waals surface area contributed by atoms with Gasteiger partial charge in [0.1, 0.15) is 5.76 Å². The summed E-state index contributed by atoms with van der Waals surface area (Å²) in [6.45, 7) is 1.88. The monoisotopic (exact) mass is 236 g/mol. The molecule has 0 bridgehead atoms. The van der Waals surface area contributed by atoms with Crippen LogP contribution in [0.3, 0.4) is 0 Å². The number of nitrogens with one attached hydrogen (secondary N) is 1. The largest absolute Gasteiger partial charge is 0.446 e. The Hall–Kier alpha value is -0.870. The van der Waals surface area contributed by atoms with Crippen molar-refractivity contribution in [2.45, 2.75) is 50.7 Å². The van der Waals surface area contributed by atoms with Gasteiger partial charge in [0, 0.05) is 32.0 Å². The smallest absolute Gasteiger partial charge is 0.195 e. The first kappa shape index (κ1) is 11.2. The van der Waals surface area contributed by atoms with Gasteiger partial charge in [0.15, 0.2) is 5.89 Å². The number of aromatic nitrogens is 1. The van der Waals surface area contributed by atoms with Crippen LogP contribution in [0, 0.1) is 0 Å². The fourth-order valence-electron chi connectivity index (χ4n) is 2.26. The molecule has 0 spiro atoms. The minimum Gasteiger partial charge on any atom is -0.446 e. The van der Waals surface area contributed by atoms with Crippen molar-refractivity contribution in [1.82, 2.24) is 10.3 Å². The van der Waals surface area contributed by atoms with Gasteiger partial charge in [-0.25, -0.2) is 4.98 Å². The molecule has 94 valence electrons. The van der Waals surface area contributed by atoms with Gasteiger partial charge in [0.2, 0.25) is 0 Å². The van der Waals surface area contributed by atoms with Gasteiger partial charge in [0.05, 0.1) is 12.3 Å². The molecule has 1 aromatic heterocycles. The van der Waals surface area contributed by atoms with Crippen molar-refractivity contribution in [2.75, 3.05) is 13.2 Å². The number of oxazole rings is 1. The van der Waals surface area contributed by atoms with E-state index in [-0.39, 0.29) is 0 Å². The zero-order valence-corrected chi connectivity index (χ0v) is 10.2. The summed E-state index contributed by atoms with van der Waals surface area (Å²) in [5, 5.41) is 3.46. The first-order valence-electron chi connectivity index (χ1n) is 6.69. The highest BCUT2D eigenvalue weighted by molar-refractivity contribution is 4.97. The number of hydrogen-bond acceptors (Lipinski definition) is 4. The molecule has 2 heterocycles. The predicted octanol–water partition coefficient (Wildman–Crippen LogP) is 1.69. The Morgan fingerprint density at radius 2 is 2.29 bits per heavy atom. The van der Waals surface area contributed by atoms with Crippen LogP contribution in [0.5, 0.6) is 0 Å². The minimum absolute atomic E-state index is 0.348. The van der Waals surface area contributed by atoms with E-state index in [1.165, 1.54) is 19.3 Å². The lowest BCUT2D eigenvalue weighted by Gasteiger charge is -2.05. The van der Waals surface area contributed by atoms with Crippen LogP contribution in [0.4, 0.5) is 0 Å². The Morgan fingerprint density at radius 3 is 3.06 bits per heavy atom. The molecule has 1 atom stereocenters. The third kappa shape index (κ3) is 3.30. The van der Waals surface area contributed by atoms with E-state index in [1.807, 2.05) is 6.20 Å². The van der Waals surface area contributed by atoms with E-state index >= 15 is 0 Å². The molecule has 0 aromatic carbocycles. The van der Waals surface area contributed by atoms with Gasteiger partial charge >= 0.3 is 0 Å². The summed E-state index contributed by atoms with van der Waals surface area (Å²) >= 11 is 0. The zero-order chi connectivity index (χ0) is 11.5. The van der Waals surface area contributed by atoms with Gasteiger partial charge in [0.25, 0.3) is 0 Å². The van der Waals surface area contributed by atoms with Crippen LogP contribution in [0.1, 0.15) is 37.3 Å². The first-order chi connectivity index (χ1) is 8.40. The highest BCUT2D eigenvalue weighted by Crippen LogP contribution is 2.19. The van der Waals surface area contributed by atoms with E-state index in [2.05, 4.69) is 10.3 Å². The molecule has 0 radical (unpaired) electrons. The third-order valence-corrected chi connectivity index (χ3v) is 3.40. The van der Waals surface area contributed by atoms with E-state index in [4.69, 9.17) is 9.15 Å². The van der Waals surface area contributed by atoms with Crippen molar-refractivity contribution in [1.29, 1.82) is 0 Å². The quantitative estimate of drug-likeness (QED) is 0.816. The molecule has 1 aliphatic heterocycles. The van der Waals surface area contributed by atoms with E-state index in [0.717, 1.165) is 50.1 Å². The van der Waals surface area contributed by atoms with Crippen LogP contribution >= 0.6 is 0 Å². The molecular formula is C13H20N2O2. The maximum Gasteiger partial charge on any atom is 0.195 e. The summed E-state index contributed by atoms with van der Waals surface area (Å²) in [7, 11) is 0. The van der Waals surface area contributed by atoms with Crippen molar-refractivity contribution in [3.05, 3.63) is 17.8 Å². The molecule has 1 saturated heterocycles. The van der Waals surface area contributed by atoms with Crippen molar-refractivity contribution >= 4 is 0 Å². The fraction of sp³-hybridized carbons (Fsp3) is 0.769. The minimum atomic E-state index is 0.348. The number of rotatable bonds is 6. The molecule has 1 aliphatic carbocycles. The van der Waals surface area contributed by atoms with E-state index in [9.17, 15) is 0 Å². The van der Waals surface area contributed by atoms with Crippen molar-refractivity contribution in [3.8, 4) is 0 Å². The number of nitrogens with zero attached hydrogens (tertiary/aromatic N) is 1. The molecule has 1 unspecified atom stereocenters. The van der Waals surface area contributed by atoms with E-state index in [0.29, 0.717) is 6.10 Å². The second-order valence-electron chi connectivity index (χ2n) is 5.04. The standard InChI is InChI=1S/C13H20N2O2/c1-2-11(16-7-1)8-12-9-15-13(17-12)5-6-14-10-3-4-10/h9-11,14H,1-8H2. The summed E-state index contributed by atoms with van der Waals surface area (Å²) in [4.78, 5) is 4.31. The van der Waals surface area contributed by atoms with Gasteiger partial charge in [-0.1, -0.05) is 0 Å². The van der Waals surface area contributed by atoms with Crippen LogP contribution in [-0.4, -0.2) is 30.3 Å². The maximum absolute atomic E-state index is 5.72. The highest BCUT2D eigenvalue weighted by atomic mass is 16.5. The second kappa shape index (κ2) is 5.19. The van der Waals surface area contributed by atoms with Crippen LogP contribution in [0.25, 0.3) is 0 Å². The molecule has 3 rings (SSSR count). The van der Waals surface area contributed by atoms with Gasteiger partial charge in [-0.05, 0) is 25.7 Å². The van der Waals surface area contributed by atoms with Gasteiger partial charge < -0.3 is 14.5 Å². The van der Waals surface area contributed by atoms with Crippen LogP contribution < -0.4 is 5.32 Å². The Labute approximate surface area is 102 Å². The second-order valence-corrected chi connectivity index (χ2v) is 5.04. The molecule has 1 saturated carbocycles. The Kier molecular flexibility index (Phi) is 3.43. The summed E-state index contributed by atoms with van der Waals surface area (Å²) in [6, 6.07) is 0.760. The van der Waals surface area contributed by atoms with Gasteiger partial charge in [-0.2, -0.15) is 0 Å². The van der Waals surface area contributed by atoms with Crippen molar-refractivity contribution in [2.24, 2.45) is 0 Å². The van der Waals surface area contributed by atoms with Gasteiger partial charge in [-0.15, -0.1) is 0 Å². The Morgan fingerprint density at radius 1 is 1.35 bits per heavy atom. The third-order valence-electron chi connectivity index (χ3n) is 3.40. The summed E-state index contributed by atoms with van der Waals surface area (Å²) < 4.78 is 11.3. The van der Waals surface area contributed by atoms with Gasteiger partial charge in [-0.3, -0.25) is 0 Å². The lowest BCUT2D eigenvalue weighted by Crippen LogP contribution is -2.19. The van der Waals surface area contributed by atoms with E-state index < -0.39 is 0 Å². The number of ether oxygens (including phenoxy) is 1. The van der Waals surface area contributed by atoms with Crippen molar-refractivity contribution < 1.29 is 9.15 Å². The molecular weight excluding hydrogens is 216 g/mol. The molecule has 17 heavy (non-hydrogen) atoms. The SMILES string of the molecule is c1nc(CCNC2CC2)oc1CC1CCCO1. The van der Waals surface area contributed by atoms with Crippen molar-refractivity contribution in [3.63, 3.8) is 0 Å².